The number of unbranched alkanes of at least 4 members (excludes halogenated alkanes) is 2. The summed E-state index contributed by atoms with van der Waals surface area (Å²) in [6, 6.07) is 0.323. The Kier molecular flexibility index (Phi) is 6.79. The minimum atomic E-state index is -3.25. The van der Waals surface area contributed by atoms with Gasteiger partial charge in [0.25, 0.3) is 0 Å². The van der Waals surface area contributed by atoms with E-state index in [0.29, 0.717) is 6.42 Å². The Morgan fingerprint density at radius 2 is 1.84 bits per heavy atom. The van der Waals surface area contributed by atoms with Crippen molar-refractivity contribution in [2.24, 2.45) is 5.73 Å². The molecule has 0 aromatic heterocycles. The Hall–Kier alpha value is -0.620. The number of hydrogen-bond acceptors (Lipinski definition) is 4. The molecular formula is C13H26N2O3S. The van der Waals surface area contributed by atoms with Crippen molar-refractivity contribution in [3.8, 4) is 0 Å². The largest absolute Gasteiger partial charge is 0.352 e. The molecule has 1 saturated carbocycles. The highest BCUT2D eigenvalue weighted by molar-refractivity contribution is 7.92. The summed E-state index contributed by atoms with van der Waals surface area (Å²) in [5.41, 5.74) is 5.79. The van der Waals surface area contributed by atoms with Crippen LogP contribution in [0.2, 0.25) is 0 Å². The van der Waals surface area contributed by atoms with Gasteiger partial charge in [0.2, 0.25) is 5.91 Å². The second kappa shape index (κ2) is 7.85. The molecule has 0 saturated heterocycles. The fourth-order valence-electron chi connectivity index (χ4n) is 2.38. The van der Waals surface area contributed by atoms with Crippen LogP contribution in [0.15, 0.2) is 0 Å². The molecule has 1 rings (SSSR count). The van der Waals surface area contributed by atoms with E-state index in [9.17, 15) is 13.2 Å². The summed E-state index contributed by atoms with van der Waals surface area (Å²) in [5.74, 6) is -0.625. The molecule has 19 heavy (non-hydrogen) atoms. The minimum Gasteiger partial charge on any atom is -0.352 e. The highest BCUT2D eigenvalue weighted by atomic mass is 32.2. The van der Waals surface area contributed by atoms with Crippen molar-refractivity contribution in [3.63, 3.8) is 0 Å². The Balaban J connectivity index is 2.30. The van der Waals surface area contributed by atoms with Crippen molar-refractivity contribution in [2.45, 2.75) is 64.0 Å². The minimum absolute atomic E-state index is 0.0955. The first-order valence-electron chi connectivity index (χ1n) is 7.18. The third kappa shape index (κ3) is 6.92. The molecule has 3 N–H and O–H groups in total. The fraction of sp³-hybridized carbons (Fsp3) is 0.923. The molecule has 0 atom stereocenters. The van der Waals surface area contributed by atoms with E-state index >= 15 is 0 Å². The number of nitrogens with two attached hydrogens (primary N) is 1. The summed E-state index contributed by atoms with van der Waals surface area (Å²) >= 11 is 0. The zero-order valence-corrected chi connectivity index (χ0v) is 12.5. The summed E-state index contributed by atoms with van der Waals surface area (Å²) in [6.45, 7) is 2.02. The van der Waals surface area contributed by atoms with E-state index in [2.05, 4.69) is 5.32 Å². The molecule has 0 radical (unpaired) electrons. The van der Waals surface area contributed by atoms with Gasteiger partial charge in [-0.3, -0.25) is 4.79 Å². The quantitative estimate of drug-likeness (QED) is 0.684. The lowest BCUT2D eigenvalue weighted by molar-refractivity contribution is -0.119. The molecule has 0 aromatic carbocycles. The molecule has 0 bridgehead atoms. The fourth-order valence-corrected chi connectivity index (χ4v) is 3.65. The topological polar surface area (TPSA) is 89.3 Å². The molecule has 0 aliphatic heterocycles. The lowest BCUT2D eigenvalue weighted by Crippen LogP contribution is -2.42. The zero-order valence-electron chi connectivity index (χ0n) is 11.7. The molecule has 0 unspecified atom stereocenters. The van der Waals surface area contributed by atoms with Crippen molar-refractivity contribution in [1.82, 2.24) is 5.32 Å². The lowest BCUT2D eigenvalue weighted by Gasteiger charge is -2.26. The van der Waals surface area contributed by atoms with E-state index < -0.39 is 9.84 Å². The maximum absolute atomic E-state index is 11.7. The van der Waals surface area contributed by atoms with Gasteiger partial charge >= 0.3 is 0 Å². The lowest BCUT2D eigenvalue weighted by atomic mass is 9.92. The van der Waals surface area contributed by atoms with Gasteiger partial charge in [-0.15, -0.1) is 0 Å². The summed E-state index contributed by atoms with van der Waals surface area (Å²) in [5, 5.41) is 2.81. The highest BCUT2D eigenvalue weighted by Gasteiger charge is 2.22. The maximum atomic E-state index is 11.7. The number of hydrogen-bond donors (Lipinski definition) is 2. The average Bonchev–Trinajstić information content (AvgIpc) is 2.31. The van der Waals surface area contributed by atoms with Crippen LogP contribution in [0.25, 0.3) is 0 Å². The van der Waals surface area contributed by atoms with Crippen LogP contribution in [0.5, 0.6) is 0 Å². The summed E-state index contributed by atoms with van der Waals surface area (Å²) in [4.78, 5) is 11.7. The van der Waals surface area contributed by atoms with Gasteiger partial charge in [-0.25, -0.2) is 8.42 Å². The molecule has 0 heterocycles. The molecule has 112 valence electrons. The molecule has 6 heteroatoms. The van der Waals surface area contributed by atoms with E-state index in [4.69, 9.17) is 5.73 Å². The second-order valence-electron chi connectivity index (χ2n) is 5.48. The molecule has 0 spiro atoms. The average molecular weight is 290 g/mol. The van der Waals surface area contributed by atoms with Gasteiger partial charge < -0.3 is 11.1 Å². The third-order valence-corrected chi connectivity index (χ3v) is 5.16. The summed E-state index contributed by atoms with van der Waals surface area (Å²) < 4.78 is 23.5. The first kappa shape index (κ1) is 16.4. The van der Waals surface area contributed by atoms with Crippen LogP contribution >= 0.6 is 0 Å². The SMILES string of the molecule is CCCCCS(=O)(=O)CC(=O)NC1CCC(N)CC1. The standard InChI is InChI=1S/C13H26N2O3S/c1-2-3-4-9-19(17,18)10-13(16)15-12-7-5-11(14)6-8-12/h11-12H,2-10,14H2,1H3,(H,15,16). The third-order valence-electron chi connectivity index (χ3n) is 3.55. The van der Waals surface area contributed by atoms with Crippen LogP contribution < -0.4 is 11.1 Å². The van der Waals surface area contributed by atoms with Crippen LogP contribution in [-0.4, -0.2) is 37.9 Å². The second-order valence-corrected chi connectivity index (χ2v) is 7.66. The summed E-state index contributed by atoms with van der Waals surface area (Å²) in [7, 11) is -3.25. The van der Waals surface area contributed by atoms with Gasteiger partial charge in [0.1, 0.15) is 5.75 Å². The monoisotopic (exact) mass is 290 g/mol. The normalized spacial score (nSPS) is 24.1. The van der Waals surface area contributed by atoms with Gasteiger partial charge in [-0.1, -0.05) is 19.8 Å². The van der Waals surface area contributed by atoms with Crippen LogP contribution in [0, 0.1) is 0 Å². The molecule has 1 aliphatic rings. The van der Waals surface area contributed by atoms with Gasteiger partial charge in [-0.2, -0.15) is 0 Å². The van der Waals surface area contributed by atoms with E-state index in [1.165, 1.54) is 0 Å². The van der Waals surface area contributed by atoms with Crippen molar-refractivity contribution in [1.29, 1.82) is 0 Å². The molecule has 1 amide bonds. The number of carbonyl (C=O) groups is 1. The van der Waals surface area contributed by atoms with E-state index in [0.717, 1.165) is 38.5 Å². The Labute approximate surface area is 116 Å². The predicted octanol–water partition coefficient (Wildman–Crippen LogP) is 0.978. The van der Waals surface area contributed by atoms with E-state index in [-0.39, 0.29) is 29.5 Å². The Morgan fingerprint density at radius 3 is 2.42 bits per heavy atom. The molecule has 5 nitrogen and oxygen atoms in total. The first-order chi connectivity index (χ1) is 8.93. The smallest absolute Gasteiger partial charge is 0.235 e. The first-order valence-corrected chi connectivity index (χ1v) is 9.00. The molecule has 1 fully saturated rings. The van der Waals surface area contributed by atoms with Gasteiger partial charge in [0.15, 0.2) is 9.84 Å². The summed E-state index contributed by atoms with van der Waals surface area (Å²) in [6.07, 6.45) is 6.00. The van der Waals surface area contributed by atoms with Gasteiger partial charge in [0.05, 0.1) is 5.75 Å². The predicted molar refractivity (Wildman–Crippen MR) is 76.6 cm³/mol. The Morgan fingerprint density at radius 1 is 1.21 bits per heavy atom. The number of sulfone groups is 1. The molecule has 1 aliphatic carbocycles. The van der Waals surface area contributed by atoms with Crippen molar-refractivity contribution < 1.29 is 13.2 Å². The number of rotatable bonds is 7. The van der Waals surface area contributed by atoms with Gasteiger partial charge in [0, 0.05) is 12.1 Å². The number of nitrogens with one attached hydrogen (secondary N) is 1. The van der Waals surface area contributed by atoms with Crippen LogP contribution in [-0.2, 0) is 14.6 Å². The van der Waals surface area contributed by atoms with Crippen LogP contribution in [0.4, 0.5) is 0 Å². The van der Waals surface area contributed by atoms with Crippen molar-refractivity contribution in [3.05, 3.63) is 0 Å². The zero-order chi connectivity index (χ0) is 14.3. The van der Waals surface area contributed by atoms with Crippen LogP contribution in [0.3, 0.4) is 0 Å². The maximum Gasteiger partial charge on any atom is 0.235 e. The molecule has 0 aromatic rings. The highest BCUT2D eigenvalue weighted by Crippen LogP contribution is 2.16. The van der Waals surface area contributed by atoms with E-state index in [1.54, 1.807) is 0 Å². The number of carbonyl (C=O) groups excluding carboxylic acids is 1. The van der Waals surface area contributed by atoms with Crippen molar-refractivity contribution >= 4 is 15.7 Å². The number of amides is 1. The Bertz CT molecular complexity index is 373. The molecular weight excluding hydrogens is 264 g/mol. The van der Waals surface area contributed by atoms with E-state index in [1.807, 2.05) is 6.92 Å². The van der Waals surface area contributed by atoms with Crippen LogP contribution in [0.1, 0.15) is 51.9 Å². The van der Waals surface area contributed by atoms with Crippen molar-refractivity contribution in [2.75, 3.05) is 11.5 Å². The van der Waals surface area contributed by atoms with Gasteiger partial charge in [-0.05, 0) is 32.1 Å².